The Morgan fingerprint density at radius 3 is 2.62 bits per heavy atom. The quantitative estimate of drug-likeness (QED) is 0.653. The molecule has 24 heavy (non-hydrogen) atoms. The molecule has 0 amide bonds. The Bertz CT molecular complexity index is 722. The fourth-order valence-corrected chi connectivity index (χ4v) is 2.97. The minimum absolute atomic E-state index is 0.0877. The van der Waals surface area contributed by atoms with Crippen molar-refractivity contribution in [2.75, 3.05) is 31.1 Å². The third-order valence-electron chi connectivity index (χ3n) is 4.42. The summed E-state index contributed by atoms with van der Waals surface area (Å²) in [4.78, 5) is 19.6. The summed E-state index contributed by atoms with van der Waals surface area (Å²) in [7, 11) is 1.97. The number of piperazine rings is 1. The highest BCUT2D eigenvalue weighted by Crippen LogP contribution is 2.30. The van der Waals surface area contributed by atoms with Gasteiger partial charge in [0.15, 0.2) is 0 Å². The Kier molecular flexibility index (Phi) is 4.77. The van der Waals surface area contributed by atoms with Crippen molar-refractivity contribution >= 4 is 11.4 Å². The third kappa shape index (κ3) is 3.39. The maximum absolute atomic E-state index is 11.3. The first-order valence-electron chi connectivity index (χ1n) is 7.90. The second kappa shape index (κ2) is 6.98. The summed E-state index contributed by atoms with van der Waals surface area (Å²) in [6.07, 6.45) is 3.71. The molecule has 8 nitrogen and oxygen atoms in total. The molecular weight excluding hydrogens is 310 g/mol. The molecule has 0 bridgehead atoms. The smallest absolute Gasteiger partial charge is 0.292 e. The number of imidazole rings is 1. The highest BCUT2D eigenvalue weighted by Gasteiger charge is 2.24. The molecule has 1 aliphatic heterocycles. The number of nitro groups is 1. The molecule has 2 heterocycles. The lowest BCUT2D eigenvalue weighted by Crippen LogP contribution is -2.46. The van der Waals surface area contributed by atoms with Gasteiger partial charge in [-0.1, -0.05) is 0 Å². The van der Waals surface area contributed by atoms with E-state index in [1.54, 1.807) is 18.3 Å². The van der Waals surface area contributed by atoms with Crippen LogP contribution in [-0.4, -0.2) is 50.7 Å². The predicted octanol–water partition coefficient (Wildman–Crippen LogP) is 1.14. The van der Waals surface area contributed by atoms with Gasteiger partial charge in [0.25, 0.3) is 5.69 Å². The lowest BCUT2D eigenvalue weighted by atomic mass is 10.1. The summed E-state index contributed by atoms with van der Waals surface area (Å²) in [5, 5.41) is 20.6. The van der Waals surface area contributed by atoms with Crippen LogP contribution in [0.15, 0.2) is 30.6 Å². The highest BCUT2D eigenvalue weighted by molar-refractivity contribution is 5.64. The molecule has 3 rings (SSSR count). The van der Waals surface area contributed by atoms with E-state index in [0.717, 1.165) is 25.5 Å². The summed E-state index contributed by atoms with van der Waals surface area (Å²) in [5.41, 5.74) is 1.36. The van der Waals surface area contributed by atoms with Crippen LogP contribution in [-0.2, 0) is 20.2 Å². The van der Waals surface area contributed by atoms with Crippen LogP contribution >= 0.6 is 0 Å². The van der Waals surface area contributed by atoms with E-state index in [-0.39, 0.29) is 17.2 Å². The van der Waals surface area contributed by atoms with Crippen molar-refractivity contribution < 1.29 is 10.0 Å². The fourth-order valence-electron chi connectivity index (χ4n) is 2.97. The number of rotatable bonds is 5. The summed E-state index contributed by atoms with van der Waals surface area (Å²) in [6, 6.07) is 4.78. The average Bonchev–Trinajstić information content (AvgIpc) is 2.99. The molecule has 0 atom stereocenters. The van der Waals surface area contributed by atoms with Gasteiger partial charge >= 0.3 is 0 Å². The molecule has 2 aromatic rings. The van der Waals surface area contributed by atoms with Gasteiger partial charge < -0.3 is 14.6 Å². The molecule has 128 valence electrons. The van der Waals surface area contributed by atoms with Crippen molar-refractivity contribution in [1.29, 1.82) is 0 Å². The Balaban J connectivity index is 1.70. The predicted molar refractivity (Wildman–Crippen MR) is 89.7 cm³/mol. The van der Waals surface area contributed by atoms with Gasteiger partial charge in [0.05, 0.1) is 18.1 Å². The van der Waals surface area contributed by atoms with Crippen LogP contribution in [0.25, 0.3) is 0 Å². The van der Waals surface area contributed by atoms with Crippen molar-refractivity contribution in [3.63, 3.8) is 0 Å². The molecule has 0 saturated carbocycles. The lowest BCUT2D eigenvalue weighted by Gasteiger charge is -2.35. The van der Waals surface area contributed by atoms with Gasteiger partial charge in [-0.05, 0) is 17.7 Å². The molecule has 1 aromatic heterocycles. The number of hydrogen-bond donors (Lipinski definition) is 1. The summed E-state index contributed by atoms with van der Waals surface area (Å²) < 4.78 is 2.00. The number of aliphatic hydroxyl groups is 1. The summed E-state index contributed by atoms with van der Waals surface area (Å²) in [6.45, 7) is 3.70. The van der Waals surface area contributed by atoms with E-state index in [1.165, 1.54) is 6.07 Å². The van der Waals surface area contributed by atoms with Gasteiger partial charge in [-0.3, -0.25) is 15.0 Å². The number of nitrogens with zero attached hydrogens (tertiary/aromatic N) is 5. The van der Waals surface area contributed by atoms with E-state index in [0.29, 0.717) is 24.3 Å². The van der Waals surface area contributed by atoms with E-state index < -0.39 is 0 Å². The third-order valence-corrected chi connectivity index (χ3v) is 4.42. The van der Waals surface area contributed by atoms with Crippen LogP contribution in [0.4, 0.5) is 11.4 Å². The Labute approximate surface area is 140 Å². The largest absolute Gasteiger partial charge is 0.392 e. The van der Waals surface area contributed by atoms with E-state index in [1.807, 2.05) is 22.7 Å². The van der Waals surface area contributed by atoms with Crippen LogP contribution in [0.5, 0.6) is 0 Å². The molecule has 0 radical (unpaired) electrons. The number of anilines is 1. The van der Waals surface area contributed by atoms with Crippen LogP contribution in [0, 0.1) is 10.1 Å². The van der Waals surface area contributed by atoms with Crippen LogP contribution in [0.2, 0.25) is 0 Å². The first-order chi connectivity index (χ1) is 11.6. The van der Waals surface area contributed by atoms with Crippen LogP contribution in [0.3, 0.4) is 0 Å². The Hall–Kier alpha value is -2.45. The second-order valence-corrected chi connectivity index (χ2v) is 5.96. The zero-order chi connectivity index (χ0) is 17.1. The normalized spacial score (nSPS) is 15.7. The first kappa shape index (κ1) is 16.4. The number of nitro benzene ring substituents is 1. The molecular formula is C16H21N5O3. The monoisotopic (exact) mass is 331 g/mol. The summed E-state index contributed by atoms with van der Waals surface area (Å²) in [5.74, 6) is 1.01. The minimum Gasteiger partial charge on any atom is -0.392 e. The Morgan fingerprint density at radius 2 is 2.04 bits per heavy atom. The average molecular weight is 331 g/mol. The van der Waals surface area contributed by atoms with Gasteiger partial charge in [-0.25, -0.2) is 4.98 Å². The minimum atomic E-state index is -0.364. The molecule has 0 unspecified atom stereocenters. The highest BCUT2D eigenvalue weighted by atomic mass is 16.6. The van der Waals surface area contributed by atoms with Crippen molar-refractivity contribution in [3.05, 3.63) is 52.1 Å². The van der Waals surface area contributed by atoms with Gasteiger partial charge in [0.2, 0.25) is 0 Å². The topological polar surface area (TPSA) is 87.7 Å². The van der Waals surface area contributed by atoms with Crippen molar-refractivity contribution in [2.24, 2.45) is 7.05 Å². The van der Waals surface area contributed by atoms with Crippen molar-refractivity contribution in [3.8, 4) is 0 Å². The van der Waals surface area contributed by atoms with Gasteiger partial charge in [-0.2, -0.15) is 0 Å². The molecule has 1 aromatic carbocycles. The molecule has 0 spiro atoms. The SMILES string of the molecule is Cn1ccnc1CN1CCN(c2cc(CO)ccc2[N+](=O)[O-])CC1. The van der Waals surface area contributed by atoms with E-state index in [2.05, 4.69) is 9.88 Å². The van der Waals surface area contributed by atoms with Crippen molar-refractivity contribution in [1.82, 2.24) is 14.5 Å². The number of benzene rings is 1. The Morgan fingerprint density at radius 1 is 1.29 bits per heavy atom. The van der Waals surface area contributed by atoms with E-state index in [9.17, 15) is 15.2 Å². The zero-order valence-corrected chi connectivity index (χ0v) is 13.6. The fraction of sp³-hybridized carbons (Fsp3) is 0.438. The van der Waals surface area contributed by atoms with Gasteiger partial charge in [0.1, 0.15) is 11.5 Å². The van der Waals surface area contributed by atoms with Gasteiger partial charge in [0, 0.05) is 51.7 Å². The second-order valence-electron chi connectivity index (χ2n) is 5.96. The van der Waals surface area contributed by atoms with Crippen LogP contribution in [0.1, 0.15) is 11.4 Å². The maximum Gasteiger partial charge on any atom is 0.292 e. The zero-order valence-electron chi connectivity index (χ0n) is 13.6. The van der Waals surface area contributed by atoms with Gasteiger partial charge in [-0.15, -0.1) is 0 Å². The summed E-state index contributed by atoms with van der Waals surface area (Å²) >= 11 is 0. The number of aliphatic hydroxyl groups excluding tert-OH is 1. The first-order valence-corrected chi connectivity index (χ1v) is 7.90. The van der Waals surface area contributed by atoms with E-state index >= 15 is 0 Å². The standard InChI is InChI=1S/C16H21N5O3/c1-18-5-4-17-16(18)11-19-6-8-20(9-7-19)15-10-13(12-22)2-3-14(15)21(23)24/h2-5,10,22H,6-9,11-12H2,1H3. The number of aromatic nitrogens is 2. The molecule has 1 N–H and O–H groups in total. The van der Waals surface area contributed by atoms with Crippen molar-refractivity contribution in [2.45, 2.75) is 13.2 Å². The molecule has 8 heteroatoms. The molecule has 1 saturated heterocycles. The molecule has 0 aliphatic carbocycles. The number of hydrogen-bond acceptors (Lipinski definition) is 6. The van der Waals surface area contributed by atoms with E-state index in [4.69, 9.17) is 0 Å². The van der Waals surface area contributed by atoms with Crippen LogP contribution < -0.4 is 4.90 Å². The lowest BCUT2D eigenvalue weighted by molar-refractivity contribution is -0.384. The number of aryl methyl sites for hydroxylation is 1. The molecule has 1 aliphatic rings. The molecule has 1 fully saturated rings. The maximum atomic E-state index is 11.3.